The molecule has 0 atom stereocenters. The van der Waals surface area contributed by atoms with Gasteiger partial charge in [-0.25, -0.2) is 9.97 Å². The fourth-order valence-electron chi connectivity index (χ4n) is 1.52. The molecule has 0 radical (unpaired) electrons. The number of hydrogen-bond acceptors (Lipinski definition) is 2. The normalized spacial score (nSPS) is 11.7. The minimum absolute atomic E-state index is 0.822. The van der Waals surface area contributed by atoms with Gasteiger partial charge in [-0.1, -0.05) is 12.2 Å². The molecule has 0 amide bonds. The highest BCUT2D eigenvalue weighted by molar-refractivity contribution is 5.47. The summed E-state index contributed by atoms with van der Waals surface area (Å²) in [6, 6.07) is 0. The molecule has 0 saturated heterocycles. The van der Waals surface area contributed by atoms with Gasteiger partial charge in [-0.15, -0.1) is 0 Å². The zero-order valence-electron chi connectivity index (χ0n) is 10.2. The van der Waals surface area contributed by atoms with Gasteiger partial charge < -0.3 is 0 Å². The molecule has 0 N–H and O–H groups in total. The molecule has 2 heteroatoms. The maximum absolute atomic E-state index is 4.47. The van der Waals surface area contributed by atoms with E-state index >= 15 is 0 Å². The third kappa shape index (κ3) is 2.75. The monoisotopic (exact) mass is 202 g/mol. The summed E-state index contributed by atoms with van der Waals surface area (Å²) in [6.07, 6.45) is 2.04. The lowest BCUT2D eigenvalue weighted by atomic mass is 10.2. The molecule has 0 unspecified atom stereocenters. The van der Waals surface area contributed by atoms with E-state index in [2.05, 4.69) is 30.4 Å². The van der Waals surface area contributed by atoms with E-state index in [1.807, 2.05) is 26.8 Å². The summed E-state index contributed by atoms with van der Waals surface area (Å²) in [5, 5.41) is 2.12. The highest BCUT2D eigenvalue weighted by Gasteiger charge is 1.98. The second-order valence-electron chi connectivity index (χ2n) is 4.11. The van der Waals surface area contributed by atoms with E-state index in [4.69, 9.17) is 0 Å². The molecule has 0 fully saturated rings. The number of hydrogen-bond donors (Lipinski definition) is 0. The summed E-state index contributed by atoms with van der Waals surface area (Å²) in [5.41, 5.74) is 3.24. The van der Waals surface area contributed by atoms with Crippen molar-refractivity contribution >= 4 is 11.6 Å². The molecular formula is C13H18N2. The largest absolute Gasteiger partial charge is 0.238 e. The predicted molar refractivity (Wildman–Crippen MR) is 64.8 cm³/mol. The van der Waals surface area contributed by atoms with E-state index in [9.17, 15) is 0 Å². The molecule has 1 aromatic heterocycles. The molecule has 0 aliphatic rings. The van der Waals surface area contributed by atoms with E-state index < -0.39 is 0 Å². The van der Waals surface area contributed by atoms with Gasteiger partial charge in [0.2, 0.25) is 0 Å². The van der Waals surface area contributed by atoms with E-state index in [1.54, 1.807) is 0 Å². The fourth-order valence-corrected chi connectivity index (χ4v) is 1.52. The van der Waals surface area contributed by atoms with Crippen LogP contribution in [0.2, 0.25) is 0 Å². The van der Waals surface area contributed by atoms with Crippen LogP contribution in [-0.2, 0) is 0 Å². The zero-order chi connectivity index (χ0) is 11.6. The third-order valence-corrected chi connectivity index (χ3v) is 2.11. The van der Waals surface area contributed by atoms with Crippen LogP contribution in [0.1, 0.15) is 32.3 Å². The Morgan fingerprint density at radius 2 is 1.73 bits per heavy atom. The van der Waals surface area contributed by atoms with Crippen LogP contribution in [0.25, 0.3) is 11.6 Å². The van der Waals surface area contributed by atoms with Crippen molar-refractivity contribution in [2.75, 3.05) is 0 Å². The van der Waals surface area contributed by atoms with Crippen molar-refractivity contribution in [3.63, 3.8) is 0 Å². The van der Waals surface area contributed by atoms with Crippen molar-refractivity contribution in [1.29, 1.82) is 0 Å². The maximum atomic E-state index is 4.47. The fraction of sp³-hybridized carbons (Fsp3) is 0.385. The van der Waals surface area contributed by atoms with Crippen molar-refractivity contribution in [1.82, 2.24) is 9.97 Å². The van der Waals surface area contributed by atoms with Crippen molar-refractivity contribution in [3.8, 4) is 0 Å². The van der Waals surface area contributed by atoms with Gasteiger partial charge in [0, 0.05) is 10.9 Å². The lowest BCUT2D eigenvalue weighted by Crippen LogP contribution is -2.34. The van der Waals surface area contributed by atoms with E-state index in [0.29, 0.717) is 0 Å². The van der Waals surface area contributed by atoms with Gasteiger partial charge in [-0.05, 0) is 46.3 Å². The van der Waals surface area contributed by atoms with Crippen LogP contribution < -0.4 is 10.6 Å². The van der Waals surface area contributed by atoms with Crippen LogP contribution in [0, 0.1) is 13.8 Å². The van der Waals surface area contributed by atoms with Gasteiger partial charge in [0.05, 0.1) is 5.35 Å². The minimum atomic E-state index is 0.822. The van der Waals surface area contributed by atoms with Gasteiger partial charge in [-0.2, -0.15) is 0 Å². The summed E-state index contributed by atoms with van der Waals surface area (Å²) in [6.45, 7) is 13.9. The number of aromatic nitrogens is 2. The van der Waals surface area contributed by atoms with Crippen LogP contribution in [0.3, 0.4) is 0 Å². The van der Waals surface area contributed by atoms with Gasteiger partial charge in [0.15, 0.2) is 0 Å². The molecule has 0 bridgehead atoms. The van der Waals surface area contributed by atoms with Crippen molar-refractivity contribution in [2.45, 2.75) is 34.6 Å². The average molecular weight is 202 g/mol. The first-order valence-electron chi connectivity index (χ1n) is 5.08. The quantitative estimate of drug-likeness (QED) is 0.692. The molecule has 80 valence electrons. The highest BCUT2D eigenvalue weighted by atomic mass is 14.9. The number of nitrogens with zero attached hydrogens (tertiary/aromatic N) is 2. The maximum Gasteiger partial charge on any atom is 0.126 e. The summed E-state index contributed by atoms with van der Waals surface area (Å²) in [5.74, 6) is 0.822. The standard InChI is InChI=1S/C13H18N2/c1-8(2)7-12-10(5)14-11(6)15-13(12)9(3)4/h7H,1H2,2-6H3/b12-7-. The summed E-state index contributed by atoms with van der Waals surface area (Å²) in [7, 11) is 0. The Balaban J connectivity index is 3.80. The third-order valence-electron chi connectivity index (χ3n) is 2.11. The molecule has 0 aliphatic heterocycles. The second kappa shape index (κ2) is 4.39. The topological polar surface area (TPSA) is 25.8 Å². The van der Waals surface area contributed by atoms with Crippen molar-refractivity contribution in [2.24, 2.45) is 0 Å². The molecule has 0 aromatic carbocycles. The Morgan fingerprint density at radius 3 is 2.20 bits per heavy atom. The van der Waals surface area contributed by atoms with Crippen LogP contribution in [-0.4, -0.2) is 9.97 Å². The number of allylic oxidation sites excluding steroid dienone is 1. The molecule has 0 spiro atoms. The number of aryl methyl sites for hydroxylation is 2. The Hall–Kier alpha value is -1.44. The van der Waals surface area contributed by atoms with Crippen LogP contribution in [0.4, 0.5) is 0 Å². The number of rotatable bonds is 1. The molecule has 1 aromatic rings. The van der Waals surface area contributed by atoms with Crippen LogP contribution >= 0.6 is 0 Å². The zero-order valence-corrected chi connectivity index (χ0v) is 10.2. The molecule has 2 nitrogen and oxygen atoms in total. The SMILES string of the molecule is C=C(C)/C=c1/c(C)nc(C)nc1=C(C)C. The van der Waals surface area contributed by atoms with E-state index in [0.717, 1.165) is 27.7 Å². The van der Waals surface area contributed by atoms with Crippen LogP contribution in [0.15, 0.2) is 12.2 Å². The van der Waals surface area contributed by atoms with Crippen molar-refractivity contribution < 1.29 is 0 Å². The highest BCUT2D eigenvalue weighted by Crippen LogP contribution is 1.90. The van der Waals surface area contributed by atoms with Gasteiger partial charge in [0.1, 0.15) is 5.82 Å². The smallest absolute Gasteiger partial charge is 0.126 e. The van der Waals surface area contributed by atoms with E-state index in [-0.39, 0.29) is 0 Å². The minimum Gasteiger partial charge on any atom is -0.238 e. The molecule has 15 heavy (non-hydrogen) atoms. The lowest BCUT2D eigenvalue weighted by Gasteiger charge is -2.00. The lowest BCUT2D eigenvalue weighted by molar-refractivity contribution is 0.960. The molecule has 0 aliphatic carbocycles. The Kier molecular flexibility index (Phi) is 3.40. The molecule has 1 rings (SSSR count). The summed E-state index contributed by atoms with van der Waals surface area (Å²) in [4.78, 5) is 8.84. The first-order chi connectivity index (χ1) is 6.91. The van der Waals surface area contributed by atoms with Gasteiger partial charge >= 0.3 is 0 Å². The Labute approximate surface area is 91.1 Å². The van der Waals surface area contributed by atoms with Crippen molar-refractivity contribution in [3.05, 3.63) is 34.2 Å². The Bertz CT molecular complexity index is 506. The predicted octanol–water partition coefficient (Wildman–Crippen LogP) is 1.64. The van der Waals surface area contributed by atoms with Gasteiger partial charge in [0.25, 0.3) is 0 Å². The molecular weight excluding hydrogens is 184 g/mol. The average Bonchev–Trinajstić information content (AvgIpc) is 2.08. The molecule has 1 heterocycles. The van der Waals surface area contributed by atoms with Crippen LogP contribution in [0.5, 0.6) is 0 Å². The first-order valence-corrected chi connectivity index (χ1v) is 5.08. The van der Waals surface area contributed by atoms with Gasteiger partial charge in [-0.3, -0.25) is 0 Å². The summed E-state index contributed by atoms with van der Waals surface area (Å²) < 4.78 is 0. The summed E-state index contributed by atoms with van der Waals surface area (Å²) >= 11 is 0. The first kappa shape index (κ1) is 11.6. The van der Waals surface area contributed by atoms with E-state index in [1.165, 1.54) is 5.57 Å². The Morgan fingerprint density at radius 1 is 1.13 bits per heavy atom. The second-order valence-corrected chi connectivity index (χ2v) is 4.11. The molecule has 0 saturated carbocycles.